The van der Waals surface area contributed by atoms with Crippen molar-refractivity contribution in [2.45, 2.75) is 25.9 Å². The van der Waals surface area contributed by atoms with Crippen LogP contribution in [0.15, 0.2) is 72.8 Å². The largest absolute Gasteiger partial charge is 0.454 e. The maximum atomic E-state index is 12.8. The number of carbonyl (C=O) groups is 1. The molecule has 0 bridgehead atoms. The molecule has 0 radical (unpaired) electrons. The molecule has 29 heavy (non-hydrogen) atoms. The van der Waals surface area contributed by atoms with Crippen molar-refractivity contribution in [1.29, 1.82) is 0 Å². The van der Waals surface area contributed by atoms with E-state index in [-0.39, 0.29) is 18.7 Å². The Morgan fingerprint density at radius 1 is 0.897 bits per heavy atom. The molecule has 0 unspecified atom stereocenters. The molecule has 1 aliphatic rings. The van der Waals surface area contributed by atoms with Crippen molar-refractivity contribution in [3.05, 3.63) is 89.5 Å². The highest BCUT2D eigenvalue weighted by atomic mass is 16.7. The Morgan fingerprint density at radius 2 is 1.59 bits per heavy atom. The van der Waals surface area contributed by atoms with E-state index in [0.29, 0.717) is 17.2 Å². The number of ether oxygens (including phenoxy) is 2. The minimum atomic E-state index is -0.410. The molecule has 0 aliphatic carbocycles. The maximum absolute atomic E-state index is 12.8. The summed E-state index contributed by atoms with van der Waals surface area (Å²) in [6.45, 7) is 4.14. The highest BCUT2D eigenvalue weighted by Gasteiger charge is 2.21. The number of fused-ring (bicyclic) bond motifs is 1. The molecule has 1 heterocycles. The summed E-state index contributed by atoms with van der Waals surface area (Å²) in [6, 6.07) is 23.4. The standard InChI is InChI=1S/C24H24N2O3/c1-16-8-10-19(11-9-16)23(18-6-4-3-5-7-18)25-17(2)24(27)26-20-12-13-21-22(14-20)29-15-28-21/h3-14,17,23,25H,15H2,1-2H3,(H,26,27)/t17-,23+/m1/s1. The number of anilines is 1. The topological polar surface area (TPSA) is 59.6 Å². The lowest BCUT2D eigenvalue weighted by Gasteiger charge is -2.24. The second kappa shape index (κ2) is 8.37. The lowest BCUT2D eigenvalue weighted by molar-refractivity contribution is -0.117. The highest BCUT2D eigenvalue weighted by Crippen LogP contribution is 2.34. The molecule has 2 atom stereocenters. The lowest BCUT2D eigenvalue weighted by atomic mass is 9.97. The Balaban J connectivity index is 1.50. The van der Waals surface area contributed by atoms with Gasteiger partial charge in [0, 0.05) is 11.8 Å². The fraction of sp³-hybridized carbons (Fsp3) is 0.208. The number of carbonyl (C=O) groups excluding carboxylic acids is 1. The van der Waals surface area contributed by atoms with E-state index in [0.717, 1.165) is 11.1 Å². The Morgan fingerprint density at radius 3 is 2.34 bits per heavy atom. The van der Waals surface area contributed by atoms with Gasteiger partial charge in [-0.2, -0.15) is 0 Å². The number of rotatable bonds is 6. The van der Waals surface area contributed by atoms with E-state index < -0.39 is 6.04 Å². The summed E-state index contributed by atoms with van der Waals surface area (Å²) in [5.41, 5.74) is 4.11. The minimum Gasteiger partial charge on any atom is -0.454 e. The van der Waals surface area contributed by atoms with Gasteiger partial charge in [-0.05, 0) is 37.1 Å². The van der Waals surface area contributed by atoms with E-state index in [9.17, 15) is 4.79 Å². The maximum Gasteiger partial charge on any atom is 0.241 e. The third-order valence-corrected chi connectivity index (χ3v) is 4.99. The van der Waals surface area contributed by atoms with Gasteiger partial charge in [-0.25, -0.2) is 0 Å². The third kappa shape index (κ3) is 4.41. The van der Waals surface area contributed by atoms with Crippen molar-refractivity contribution in [2.24, 2.45) is 0 Å². The van der Waals surface area contributed by atoms with E-state index in [2.05, 4.69) is 54.0 Å². The Kier molecular flexibility index (Phi) is 5.49. The molecule has 0 spiro atoms. The van der Waals surface area contributed by atoms with Gasteiger partial charge in [-0.15, -0.1) is 0 Å². The van der Waals surface area contributed by atoms with Crippen LogP contribution in [0.5, 0.6) is 11.5 Å². The van der Waals surface area contributed by atoms with Crippen molar-refractivity contribution >= 4 is 11.6 Å². The van der Waals surface area contributed by atoms with Gasteiger partial charge in [0.15, 0.2) is 11.5 Å². The fourth-order valence-corrected chi connectivity index (χ4v) is 3.34. The van der Waals surface area contributed by atoms with Gasteiger partial charge in [0.2, 0.25) is 12.7 Å². The first-order chi connectivity index (χ1) is 14.1. The average Bonchev–Trinajstić information content (AvgIpc) is 3.21. The second-order valence-electron chi connectivity index (χ2n) is 7.20. The first-order valence-corrected chi connectivity index (χ1v) is 9.68. The van der Waals surface area contributed by atoms with E-state index >= 15 is 0 Å². The number of hydrogen-bond acceptors (Lipinski definition) is 4. The second-order valence-corrected chi connectivity index (χ2v) is 7.20. The molecule has 2 N–H and O–H groups in total. The van der Waals surface area contributed by atoms with Gasteiger partial charge in [0.1, 0.15) is 0 Å². The zero-order chi connectivity index (χ0) is 20.2. The molecule has 5 heteroatoms. The normalized spacial score (nSPS) is 14.3. The molecular weight excluding hydrogens is 364 g/mol. The van der Waals surface area contributed by atoms with Gasteiger partial charge in [0.05, 0.1) is 12.1 Å². The van der Waals surface area contributed by atoms with Crippen molar-refractivity contribution in [3.63, 3.8) is 0 Å². The van der Waals surface area contributed by atoms with Crippen LogP contribution in [0.2, 0.25) is 0 Å². The molecule has 0 aromatic heterocycles. The molecule has 4 rings (SSSR count). The van der Waals surface area contributed by atoms with Crippen LogP contribution in [0, 0.1) is 6.92 Å². The zero-order valence-corrected chi connectivity index (χ0v) is 16.5. The smallest absolute Gasteiger partial charge is 0.241 e. The molecule has 3 aromatic rings. The van der Waals surface area contributed by atoms with E-state index in [1.807, 2.05) is 31.2 Å². The predicted octanol–water partition coefficient (Wildman–Crippen LogP) is 4.43. The summed E-state index contributed by atoms with van der Waals surface area (Å²) in [7, 11) is 0. The third-order valence-electron chi connectivity index (χ3n) is 4.99. The van der Waals surface area contributed by atoms with Crippen LogP contribution in [0.4, 0.5) is 5.69 Å². The number of hydrogen-bond donors (Lipinski definition) is 2. The summed E-state index contributed by atoms with van der Waals surface area (Å²) < 4.78 is 10.7. The van der Waals surface area contributed by atoms with Crippen LogP contribution in [-0.2, 0) is 4.79 Å². The van der Waals surface area contributed by atoms with Crippen molar-refractivity contribution in [3.8, 4) is 11.5 Å². The van der Waals surface area contributed by atoms with Crippen molar-refractivity contribution in [2.75, 3.05) is 12.1 Å². The molecule has 148 valence electrons. The van der Waals surface area contributed by atoms with E-state index in [1.165, 1.54) is 5.56 Å². The molecule has 1 aliphatic heterocycles. The Labute approximate surface area is 170 Å². The molecule has 3 aromatic carbocycles. The van der Waals surface area contributed by atoms with Gasteiger partial charge in [-0.1, -0.05) is 60.2 Å². The number of benzene rings is 3. The lowest BCUT2D eigenvalue weighted by Crippen LogP contribution is -2.40. The van der Waals surface area contributed by atoms with Gasteiger partial charge < -0.3 is 14.8 Å². The quantitative estimate of drug-likeness (QED) is 0.656. The molecule has 0 saturated carbocycles. The van der Waals surface area contributed by atoms with Crippen LogP contribution in [-0.4, -0.2) is 18.7 Å². The SMILES string of the molecule is Cc1ccc([C@@H](N[C@H](C)C(=O)Nc2ccc3c(c2)OCO3)c2ccccc2)cc1. The summed E-state index contributed by atoms with van der Waals surface area (Å²) in [4.78, 5) is 12.8. The van der Waals surface area contributed by atoms with Crippen LogP contribution < -0.4 is 20.1 Å². The van der Waals surface area contributed by atoms with Gasteiger partial charge in [-0.3, -0.25) is 10.1 Å². The van der Waals surface area contributed by atoms with Gasteiger partial charge in [0.25, 0.3) is 0 Å². The molecule has 1 amide bonds. The number of nitrogens with one attached hydrogen (secondary N) is 2. The van der Waals surface area contributed by atoms with Crippen LogP contribution >= 0.6 is 0 Å². The summed E-state index contributed by atoms with van der Waals surface area (Å²) in [6.07, 6.45) is 0. The van der Waals surface area contributed by atoms with E-state index in [4.69, 9.17) is 9.47 Å². The van der Waals surface area contributed by atoms with Crippen LogP contribution in [0.25, 0.3) is 0 Å². The summed E-state index contributed by atoms with van der Waals surface area (Å²) in [5, 5.41) is 6.43. The monoisotopic (exact) mass is 388 g/mol. The van der Waals surface area contributed by atoms with E-state index in [1.54, 1.807) is 12.1 Å². The molecule has 0 saturated heterocycles. The van der Waals surface area contributed by atoms with Crippen molar-refractivity contribution in [1.82, 2.24) is 5.32 Å². The first-order valence-electron chi connectivity index (χ1n) is 9.68. The van der Waals surface area contributed by atoms with Crippen LogP contribution in [0.1, 0.15) is 29.7 Å². The Bertz CT molecular complexity index is 987. The van der Waals surface area contributed by atoms with Gasteiger partial charge >= 0.3 is 0 Å². The van der Waals surface area contributed by atoms with Crippen LogP contribution in [0.3, 0.4) is 0 Å². The average molecular weight is 388 g/mol. The molecular formula is C24H24N2O3. The molecule has 0 fully saturated rings. The highest BCUT2D eigenvalue weighted by molar-refractivity contribution is 5.95. The fourth-order valence-electron chi connectivity index (χ4n) is 3.34. The summed E-state index contributed by atoms with van der Waals surface area (Å²) >= 11 is 0. The summed E-state index contributed by atoms with van der Waals surface area (Å²) in [5.74, 6) is 1.22. The van der Waals surface area contributed by atoms with Crippen molar-refractivity contribution < 1.29 is 14.3 Å². The molecule has 5 nitrogen and oxygen atoms in total. The number of aryl methyl sites for hydroxylation is 1. The zero-order valence-electron chi connectivity index (χ0n) is 16.5. The first kappa shape index (κ1) is 19.0. The minimum absolute atomic E-state index is 0.0886. The predicted molar refractivity (Wildman–Crippen MR) is 113 cm³/mol. The number of amides is 1. The Hall–Kier alpha value is -3.31.